The Balaban J connectivity index is 1.58. The van der Waals surface area contributed by atoms with E-state index in [1.54, 1.807) is 31.2 Å². The topological polar surface area (TPSA) is 132 Å². The van der Waals surface area contributed by atoms with Crippen LogP contribution in [-0.4, -0.2) is 37.3 Å². The van der Waals surface area contributed by atoms with Gasteiger partial charge in [0.25, 0.3) is 11.6 Å². The number of amides is 2. The second kappa shape index (κ2) is 10.9. The van der Waals surface area contributed by atoms with Crippen molar-refractivity contribution in [1.29, 1.82) is 0 Å². The van der Waals surface area contributed by atoms with E-state index in [0.717, 1.165) is 0 Å². The second-order valence-corrected chi connectivity index (χ2v) is 8.25. The Labute approximate surface area is 198 Å². The molecule has 0 bridgehead atoms. The number of hydrogen-bond acceptors (Lipinski definition) is 7. The minimum absolute atomic E-state index is 0.0370. The van der Waals surface area contributed by atoms with E-state index in [-0.39, 0.29) is 29.8 Å². The van der Waals surface area contributed by atoms with Crippen LogP contribution in [0.2, 0.25) is 5.02 Å². The van der Waals surface area contributed by atoms with Crippen molar-refractivity contribution < 1.29 is 14.5 Å². The van der Waals surface area contributed by atoms with E-state index in [1.807, 2.05) is 11.5 Å². The van der Waals surface area contributed by atoms with Crippen LogP contribution in [0.25, 0.3) is 0 Å². The number of nitrogens with one attached hydrogen (secondary N) is 2. The van der Waals surface area contributed by atoms with Crippen molar-refractivity contribution in [2.45, 2.75) is 32.1 Å². The largest absolute Gasteiger partial charge is 0.345 e. The average Bonchev–Trinajstić information content (AvgIpc) is 3.19. The lowest BCUT2D eigenvalue weighted by atomic mass is 10.2. The molecule has 0 aliphatic carbocycles. The summed E-state index contributed by atoms with van der Waals surface area (Å²) >= 11 is 7.26. The number of benzene rings is 2. The third-order valence-electron chi connectivity index (χ3n) is 4.66. The molecule has 0 aliphatic rings. The summed E-state index contributed by atoms with van der Waals surface area (Å²) in [5.41, 5.74) is 1.43. The van der Waals surface area contributed by atoms with Crippen LogP contribution in [0.3, 0.4) is 0 Å². The summed E-state index contributed by atoms with van der Waals surface area (Å²) in [5.74, 6) is 0.0158. The molecule has 2 amide bonds. The molecule has 0 saturated heterocycles. The number of nitrogens with zero attached hydrogens (tertiary/aromatic N) is 4. The molecule has 2 aromatic carbocycles. The smallest absolute Gasteiger partial charge is 0.269 e. The van der Waals surface area contributed by atoms with Gasteiger partial charge in [-0.15, -0.1) is 10.2 Å². The van der Waals surface area contributed by atoms with Crippen molar-refractivity contribution in [3.05, 3.63) is 74.6 Å². The highest BCUT2D eigenvalue weighted by Crippen LogP contribution is 2.22. The first-order chi connectivity index (χ1) is 15.8. The van der Waals surface area contributed by atoms with Crippen LogP contribution >= 0.6 is 23.4 Å². The molecule has 0 unspecified atom stereocenters. The van der Waals surface area contributed by atoms with Crippen LogP contribution in [0, 0.1) is 17.0 Å². The number of nitro benzene ring substituents is 1. The van der Waals surface area contributed by atoms with Gasteiger partial charge in [-0.25, -0.2) is 0 Å². The zero-order chi connectivity index (χ0) is 24.0. The normalized spacial score (nSPS) is 10.6. The lowest BCUT2D eigenvalue weighted by molar-refractivity contribution is -0.384. The Kier molecular flexibility index (Phi) is 8.01. The molecule has 2 N–H and O–H groups in total. The van der Waals surface area contributed by atoms with E-state index < -0.39 is 4.92 Å². The summed E-state index contributed by atoms with van der Waals surface area (Å²) in [6.07, 6.45) is 0. The summed E-state index contributed by atoms with van der Waals surface area (Å²) < 4.78 is 1.81. The molecule has 1 aromatic heterocycles. The number of non-ortho nitro benzene ring substituents is 1. The fraction of sp³-hybridized carbons (Fsp3) is 0.238. The first-order valence-electron chi connectivity index (χ1n) is 9.92. The highest BCUT2D eigenvalue weighted by atomic mass is 35.5. The summed E-state index contributed by atoms with van der Waals surface area (Å²) in [4.78, 5) is 35.1. The molecule has 0 saturated carbocycles. The summed E-state index contributed by atoms with van der Waals surface area (Å²) in [5, 5.41) is 25.5. The van der Waals surface area contributed by atoms with Crippen LogP contribution in [0.15, 0.2) is 47.6 Å². The zero-order valence-corrected chi connectivity index (χ0v) is 19.4. The Morgan fingerprint density at radius 2 is 1.97 bits per heavy atom. The van der Waals surface area contributed by atoms with E-state index in [1.165, 1.54) is 30.0 Å². The predicted molar refractivity (Wildman–Crippen MR) is 126 cm³/mol. The molecule has 0 spiro atoms. The molecular formula is C21H21ClN6O4S. The van der Waals surface area contributed by atoms with Gasteiger partial charge in [0.05, 0.1) is 27.8 Å². The van der Waals surface area contributed by atoms with E-state index in [2.05, 4.69) is 20.8 Å². The summed E-state index contributed by atoms with van der Waals surface area (Å²) in [6.45, 7) is 4.30. The minimum atomic E-state index is -0.486. The van der Waals surface area contributed by atoms with E-state index in [4.69, 9.17) is 11.6 Å². The van der Waals surface area contributed by atoms with Gasteiger partial charge in [-0.1, -0.05) is 35.5 Å². The van der Waals surface area contributed by atoms with Gasteiger partial charge in [0, 0.05) is 24.4 Å². The Morgan fingerprint density at radius 1 is 1.21 bits per heavy atom. The molecule has 33 heavy (non-hydrogen) atoms. The van der Waals surface area contributed by atoms with Crippen molar-refractivity contribution in [2.24, 2.45) is 0 Å². The molecule has 10 nitrogen and oxygen atoms in total. The molecule has 0 fully saturated rings. The summed E-state index contributed by atoms with van der Waals surface area (Å²) in [6, 6.07) is 11.0. The fourth-order valence-corrected chi connectivity index (χ4v) is 4.03. The van der Waals surface area contributed by atoms with Gasteiger partial charge < -0.3 is 15.2 Å². The average molecular weight is 489 g/mol. The monoisotopic (exact) mass is 488 g/mol. The Bertz CT molecular complexity index is 1200. The maximum atomic E-state index is 12.4. The highest BCUT2D eigenvalue weighted by molar-refractivity contribution is 7.99. The molecule has 3 aromatic rings. The molecule has 0 aliphatic heterocycles. The molecule has 0 radical (unpaired) electrons. The van der Waals surface area contributed by atoms with Gasteiger partial charge in [0.1, 0.15) is 0 Å². The second-order valence-electron chi connectivity index (χ2n) is 6.90. The minimum Gasteiger partial charge on any atom is -0.345 e. The Morgan fingerprint density at radius 3 is 2.64 bits per heavy atom. The van der Waals surface area contributed by atoms with Crippen molar-refractivity contribution in [3.8, 4) is 0 Å². The fourth-order valence-electron chi connectivity index (χ4n) is 2.99. The van der Waals surface area contributed by atoms with Gasteiger partial charge in [-0.05, 0) is 37.6 Å². The van der Waals surface area contributed by atoms with Crippen molar-refractivity contribution in [1.82, 2.24) is 20.1 Å². The number of rotatable bonds is 9. The standard InChI is InChI=1S/C21H21ClN6O4S/c1-3-27-18(11-23-20(30)15-6-4-5-7-16(15)22)25-26-21(27)33-12-19(29)24-17-9-8-14(28(31)32)10-13(17)2/h4-10H,3,11-12H2,1-2H3,(H,23,30)(H,24,29). The van der Waals surface area contributed by atoms with E-state index in [9.17, 15) is 19.7 Å². The van der Waals surface area contributed by atoms with Gasteiger partial charge >= 0.3 is 0 Å². The van der Waals surface area contributed by atoms with Gasteiger partial charge in [-0.2, -0.15) is 0 Å². The highest BCUT2D eigenvalue weighted by Gasteiger charge is 2.16. The third-order valence-corrected chi connectivity index (χ3v) is 5.96. The number of carbonyl (C=O) groups excluding carboxylic acids is 2. The first kappa shape index (κ1) is 24.2. The zero-order valence-electron chi connectivity index (χ0n) is 17.9. The number of anilines is 1. The van der Waals surface area contributed by atoms with Crippen molar-refractivity contribution in [2.75, 3.05) is 11.1 Å². The predicted octanol–water partition coefficient (Wildman–Crippen LogP) is 3.83. The van der Waals surface area contributed by atoms with Gasteiger partial charge in [0.2, 0.25) is 5.91 Å². The van der Waals surface area contributed by atoms with E-state index >= 15 is 0 Å². The number of halogens is 1. The van der Waals surface area contributed by atoms with Gasteiger partial charge in [-0.3, -0.25) is 19.7 Å². The lowest BCUT2D eigenvalue weighted by Crippen LogP contribution is -2.25. The third kappa shape index (κ3) is 6.08. The number of nitro groups is 1. The SMILES string of the molecule is CCn1c(CNC(=O)c2ccccc2Cl)nnc1SCC(=O)Nc1ccc([N+](=O)[O-])cc1C. The summed E-state index contributed by atoms with van der Waals surface area (Å²) in [7, 11) is 0. The van der Waals surface area contributed by atoms with Crippen LogP contribution in [0.5, 0.6) is 0 Å². The van der Waals surface area contributed by atoms with Gasteiger partial charge in [0.15, 0.2) is 11.0 Å². The van der Waals surface area contributed by atoms with Crippen LogP contribution in [-0.2, 0) is 17.9 Å². The number of hydrogen-bond donors (Lipinski definition) is 2. The Hall–Kier alpha value is -3.44. The van der Waals surface area contributed by atoms with Crippen molar-refractivity contribution in [3.63, 3.8) is 0 Å². The molecule has 0 atom stereocenters. The molecule has 1 heterocycles. The van der Waals surface area contributed by atoms with Crippen LogP contribution in [0.1, 0.15) is 28.7 Å². The lowest BCUT2D eigenvalue weighted by Gasteiger charge is -2.10. The molecule has 12 heteroatoms. The van der Waals surface area contributed by atoms with Crippen molar-refractivity contribution >= 4 is 46.6 Å². The molecular weight excluding hydrogens is 468 g/mol. The number of aromatic nitrogens is 3. The number of thioether (sulfide) groups is 1. The number of aryl methyl sites for hydroxylation is 1. The molecule has 3 rings (SSSR count). The first-order valence-corrected chi connectivity index (χ1v) is 11.3. The number of carbonyl (C=O) groups is 2. The van der Waals surface area contributed by atoms with Crippen LogP contribution in [0.4, 0.5) is 11.4 Å². The quantitative estimate of drug-likeness (QED) is 0.265. The van der Waals surface area contributed by atoms with Crippen LogP contribution < -0.4 is 10.6 Å². The molecule has 172 valence electrons. The van der Waals surface area contributed by atoms with E-state index in [0.29, 0.717) is 39.4 Å². The maximum absolute atomic E-state index is 12.4. The maximum Gasteiger partial charge on any atom is 0.269 e.